The third kappa shape index (κ3) is 1.54. The van der Waals surface area contributed by atoms with Crippen molar-refractivity contribution in [2.45, 2.75) is 31.2 Å². The van der Waals surface area contributed by atoms with E-state index in [9.17, 15) is 8.78 Å². The molecule has 15 heavy (non-hydrogen) atoms. The van der Waals surface area contributed by atoms with Crippen LogP contribution in [0.2, 0.25) is 5.02 Å². The van der Waals surface area contributed by atoms with Crippen LogP contribution < -0.4 is 5.73 Å². The maximum absolute atomic E-state index is 13.7. The monoisotopic (exact) mass is 231 g/mol. The van der Waals surface area contributed by atoms with Crippen molar-refractivity contribution in [1.29, 1.82) is 0 Å². The number of benzene rings is 1. The van der Waals surface area contributed by atoms with Crippen molar-refractivity contribution in [3.8, 4) is 0 Å². The van der Waals surface area contributed by atoms with Crippen molar-refractivity contribution in [2.24, 2.45) is 5.73 Å². The Bertz CT molecular complexity index is 400. The molecular weight excluding hydrogens is 220 g/mol. The van der Waals surface area contributed by atoms with Crippen molar-refractivity contribution in [3.05, 3.63) is 34.4 Å². The van der Waals surface area contributed by atoms with E-state index in [1.54, 1.807) is 6.92 Å². The highest BCUT2D eigenvalue weighted by atomic mass is 35.5. The molecule has 1 aliphatic carbocycles. The van der Waals surface area contributed by atoms with Crippen LogP contribution in [0.25, 0.3) is 0 Å². The third-order valence-corrected chi connectivity index (χ3v) is 3.49. The molecule has 1 fully saturated rings. The van der Waals surface area contributed by atoms with Gasteiger partial charge in [0, 0.05) is 17.0 Å². The Hall–Kier alpha value is -0.670. The van der Waals surface area contributed by atoms with Gasteiger partial charge < -0.3 is 5.73 Å². The highest BCUT2D eigenvalue weighted by Gasteiger charge is 2.51. The maximum atomic E-state index is 13.7. The van der Waals surface area contributed by atoms with Gasteiger partial charge in [0.05, 0.1) is 5.02 Å². The van der Waals surface area contributed by atoms with E-state index >= 15 is 0 Å². The Morgan fingerprint density at radius 2 is 2.00 bits per heavy atom. The van der Waals surface area contributed by atoms with E-state index in [4.69, 9.17) is 17.3 Å². The number of rotatable bonds is 2. The summed E-state index contributed by atoms with van der Waals surface area (Å²) in [5.41, 5.74) is 5.29. The first-order chi connectivity index (χ1) is 6.99. The molecule has 2 rings (SSSR count). The lowest BCUT2D eigenvalue weighted by atomic mass is 9.88. The first-order valence-corrected chi connectivity index (χ1v) is 5.26. The Labute approximate surface area is 92.2 Å². The Morgan fingerprint density at radius 1 is 1.40 bits per heavy atom. The summed E-state index contributed by atoms with van der Waals surface area (Å²) in [6, 6.07) is 2.16. The van der Waals surface area contributed by atoms with Gasteiger partial charge in [0.1, 0.15) is 11.6 Å². The molecule has 1 nitrogen and oxygen atoms in total. The van der Waals surface area contributed by atoms with Crippen LogP contribution >= 0.6 is 11.6 Å². The summed E-state index contributed by atoms with van der Waals surface area (Å²) in [4.78, 5) is 0. The minimum absolute atomic E-state index is 0.0432. The SMILES string of the molecule is CC(N)C1(c2c(F)ccc(Cl)c2F)CC1. The fraction of sp³-hybridized carbons (Fsp3) is 0.455. The average molecular weight is 232 g/mol. The molecule has 1 aromatic carbocycles. The first-order valence-electron chi connectivity index (χ1n) is 4.88. The second-order valence-electron chi connectivity index (χ2n) is 4.16. The van der Waals surface area contributed by atoms with Gasteiger partial charge in [-0.05, 0) is 31.9 Å². The van der Waals surface area contributed by atoms with Crippen LogP contribution in [0, 0.1) is 11.6 Å². The minimum Gasteiger partial charge on any atom is -0.327 e. The molecular formula is C11H12ClF2N. The van der Waals surface area contributed by atoms with Crippen LogP contribution in [-0.4, -0.2) is 6.04 Å². The van der Waals surface area contributed by atoms with Crippen LogP contribution in [0.15, 0.2) is 12.1 Å². The van der Waals surface area contributed by atoms with Gasteiger partial charge in [-0.3, -0.25) is 0 Å². The van der Waals surface area contributed by atoms with E-state index in [1.165, 1.54) is 12.1 Å². The zero-order valence-corrected chi connectivity index (χ0v) is 9.11. The Balaban J connectivity index is 2.57. The topological polar surface area (TPSA) is 26.0 Å². The van der Waals surface area contributed by atoms with Gasteiger partial charge in [-0.15, -0.1) is 0 Å². The molecule has 0 bridgehead atoms. The van der Waals surface area contributed by atoms with Crippen molar-refractivity contribution in [1.82, 2.24) is 0 Å². The molecule has 0 radical (unpaired) electrons. The zero-order valence-electron chi connectivity index (χ0n) is 8.36. The molecule has 0 aliphatic heterocycles. The second-order valence-corrected chi connectivity index (χ2v) is 4.57. The molecule has 2 N–H and O–H groups in total. The molecule has 82 valence electrons. The Morgan fingerprint density at radius 3 is 2.47 bits per heavy atom. The molecule has 0 spiro atoms. The smallest absolute Gasteiger partial charge is 0.148 e. The number of halogens is 3. The summed E-state index contributed by atoms with van der Waals surface area (Å²) in [6.07, 6.45) is 1.44. The normalized spacial score (nSPS) is 20.1. The summed E-state index contributed by atoms with van der Waals surface area (Å²) >= 11 is 5.64. The van der Waals surface area contributed by atoms with E-state index in [0.29, 0.717) is 0 Å². The molecule has 1 saturated carbocycles. The van der Waals surface area contributed by atoms with E-state index in [0.717, 1.165) is 12.8 Å². The highest BCUT2D eigenvalue weighted by molar-refractivity contribution is 6.30. The fourth-order valence-electron chi connectivity index (χ4n) is 2.05. The van der Waals surface area contributed by atoms with Crippen molar-refractivity contribution < 1.29 is 8.78 Å². The Kier molecular flexibility index (Phi) is 2.47. The lowest BCUT2D eigenvalue weighted by Gasteiger charge is -2.21. The molecule has 1 atom stereocenters. The number of nitrogens with two attached hydrogens (primary N) is 1. The van der Waals surface area contributed by atoms with E-state index in [1.807, 2.05) is 0 Å². The number of hydrogen-bond donors (Lipinski definition) is 1. The fourth-order valence-corrected chi connectivity index (χ4v) is 2.21. The van der Waals surface area contributed by atoms with Gasteiger partial charge in [-0.1, -0.05) is 11.6 Å². The minimum atomic E-state index is -0.661. The molecule has 0 aromatic heterocycles. The summed E-state index contributed by atoms with van der Waals surface area (Å²) in [6.45, 7) is 1.77. The first kappa shape index (κ1) is 10.8. The van der Waals surface area contributed by atoms with Crippen LogP contribution in [0.4, 0.5) is 8.78 Å². The lowest BCUT2D eigenvalue weighted by Crippen LogP contribution is -2.33. The predicted octanol–water partition coefficient (Wildman–Crippen LogP) is 3.00. The van der Waals surface area contributed by atoms with Gasteiger partial charge in [0.25, 0.3) is 0 Å². The molecule has 0 saturated heterocycles. The molecule has 1 unspecified atom stereocenters. The summed E-state index contributed by atoms with van der Waals surface area (Å²) in [5, 5.41) is -0.0432. The maximum Gasteiger partial charge on any atom is 0.148 e. The van der Waals surface area contributed by atoms with Gasteiger partial charge in [-0.25, -0.2) is 8.78 Å². The summed E-state index contributed by atoms with van der Waals surface area (Å²) in [5.74, 6) is -1.21. The van der Waals surface area contributed by atoms with E-state index in [-0.39, 0.29) is 16.6 Å². The lowest BCUT2D eigenvalue weighted by molar-refractivity contribution is 0.473. The van der Waals surface area contributed by atoms with Gasteiger partial charge in [0.2, 0.25) is 0 Å². The molecule has 0 amide bonds. The van der Waals surface area contributed by atoms with Crippen molar-refractivity contribution in [3.63, 3.8) is 0 Å². The quantitative estimate of drug-likeness (QED) is 0.778. The van der Waals surface area contributed by atoms with Crippen LogP contribution in [0.5, 0.6) is 0 Å². The second kappa shape index (κ2) is 3.42. The molecule has 4 heteroatoms. The molecule has 0 heterocycles. The van der Waals surface area contributed by atoms with Gasteiger partial charge >= 0.3 is 0 Å². The van der Waals surface area contributed by atoms with Crippen LogP contribution in [0.1, 0.15) is 25.3 Å². The molecule has 1 aliphatic rings. The van der Waals surface area contributed by atoms with Crippen molar-refractivity contribution in [2.75, 3.05) is 0 Å². The predicted molar refractivity (Wildman–Crippen MR) is 55.9 cm³/mol. The average Bonchev–Trinajstić information content (AvgIpc) is 2.93. The summed E-state index contributed by atoms with van der Waals surface area (Å²) < 4.78 is 27.3. The third-order valence-electron chi connectivity index (χ3n) is 3.20. The highest BCUT2D eigenvalue weighted by Crippen LogP contribution is 2.52. The van der Waals surface area contributed by atoms with Crippen LogP contribution in [0.3, 0.4) is 0 Å². The van der Waals surface area contributed by atoms with Crippen molar-refractivity contribution >= 4 is 11.6 Å². The molecule has 1 aromatic rings. The van der Waals surface area contributed by atoms with E-state index < -0.39 is 17.0 Å². The summed E-state index contributed by atoms with van der Waals surface area (Å²) in [7, 11) is 0. The standard InChI is InChI=1S/C11H12ClF2N/c1-6(15)11(4-5-11)9-8(13)3-2-7(12)10(9)14/h2-3,6H,4-5,15H2,1H3. The zero-order chi connectivity index (χ0) is 11.2. The van der Waals surface area contributed by atoms with E-state index in [2.05, 4.69) is 0 Å². The largest absolute Gasteiger partial charge is 0.327 e. The number of hydrogen-bond acceptors (Lipinski definition) is 1. The van der Waals surface area contributed by atoms with Gasteiger partial charge in [-0.2, -0.15) is 0 Å². The van der Waals surface area contributed by atoms with Crippen LogP contribution in [-0.2, 0) is 5.41 Å². The van der Waals surface area contributed by atoms with Gasteiger partial charge in [0.15, 0.2) is 0 Å².